The number of nitrogens with zero attached hydrogens (tertiary/aromatic N) is 4. The number of nitro groups is 2. The van der Waals surface area contributed by atoms with Crippen LogP contribution in [0, 0.1) is 20.2 Å². The topological polar surface area (TPSA) is 136 Å². The Kier molecular flexibility index (Phi) is 4.05. The Bertz CT molecular complexity index is 1120. The van der Waals surface area contributed by atoms with Crippen LogP contribution in [0.15, 0.2) is 48.5 Å². The number of nitro benzene ring substituents is 2. The first kappa shape index (κ1) is 19.1. The summed E-state index contributed by atoms with van der Waals surface area (Å²) in [6, 6.07) is 10.8. The molecule has 3 heterocycles. The van der Waals surface area contributed by atoms with Crippen LogP contribution < -0.4 is 0 Å². The van der Waals surface area contributed by atoms with Gasteiger partial charge in [0, 0.05) is 30.8 Å². The van der Waals surface area contributed by atoms with Crippen molar-refractivity contribution >= 4 is 23.3 Å². The Morgan fingerprint density at radius 3 is 2.16 bits per heavy atom. The average Bonchev–Trinajstić information content (AvgIpc) is 3.44. The second kappa shape index (κ2) is 6.57. The van der Waals surface area contributed by atoms with Gasteiger partial charge in [-0.3, -0.25) is 29.9 Å². The van der Waals surface area contributed by atoms with E-state index in [0.717, 1.165) is 5.56 Å². The lowest BCUT2D eigenvalue weighted by molar-refractivity contribution is -0.385. The number of hydrogen-bond donors (Lipinski definition) is 0. The number of rotatable bonds is 6. The Morgan fingerprint density at radius 2 is 1.61 bits per heavy atom. The quantitative estimate of drug-likeness (QED) is 0.225. The van der Waals surface area contributed by atoms with Gasteiger partial charge in [0.15, 0.2) is 6.04 Å². The van der Waals surface area contributed by atoms with Crippen molar-refractivity contribution in [3.8, 4) is 0 Å². The molecule has 31 heavy (non-hydrogen) atoms. The molecule has 0 radical (unpaired) electrons. The lowest BCUT2D eigenvalue weighted by atomic mass is 9.89. The number of carbonyl (C=O) groups excluding carboxylic acids is 2. The molecule has 5 rings (SSSR count). The molecule has 2 aromatic rings. The fourth-order valence-corrected chi connectivity index (χ4v) is 4.60. The van der Waals surface area contributed by atoms with Crippen LogP contribution in [-0.2, 0) is 26.5 Å². The van der Waals surface area contributed by atoms with E-state index in [1.807, 2.05) is 4.90 Å². The summed E-state index contributed by atoms with van der Waals surface area (Å²) in [7, 11) is 0. The van der Waals surface area contributed by atoms with Crippen LogP contribution in [0.25, 0.3) is 0 Å². The van der Waals surface area contributed by atoms with Gasteiger partial charge in [-0.05, 0) is 23.3 Å². The maximum Gasteiger partial charge on any atom is 0.331 e. The lowest BCUT2D eigenvalue weighted by Crippen LogP contribution is -2.59. The molecule has 4 atom stereocenters. The summed E-state index contributed by atoms with van der Waals surface area (Å²) in [6.45, 7) is 0.465. The number of hydrogen-bond acceptors (Lipinski definition) is 8. The fraction of sp³-hybridized carbons (Fsp3) is 0.300. The molecule has 0 aromatic heterocycles. The number of non-ortho nitro benzene ring substituents is 2. The third-order valence-corrected chi connectivity index (χ3v) is 6.21. The Hall–Kier alpha value is -3.86. The summed E-state index contributed by atoms with van der Waals surface area (Å²) in [5.41, 5.74) is 0.434. The highest BCUT2D eigenvalue weighted by molar-refractivity contribution is 5.93. The Morgan fingerprint density at radius 1 is 1.03 bits per heavy atom. The predicted octanol–water partition coefficient (Wildman–Crippen LogP) is 1.70. The maximum absolute atomic E-state index is 13.1. The molecule has 3 aliphatic rings. The van der Waals surface area contributed by atoms with E-state index in [0.29, 0.717) is 18.5 Å². The number of benzene rings is 2. The van der Waals surface area contributed by atoms with Crippen LogP contribution in [0.5, 0.6) is 0 Å². The molecular formula is C20H16N4O7. The van der Waals surface area contributed by atoms with Gasteiger partial charge in [0.25, 0.3) is 11.4 Å². The third kappa shape index (κ3) is 2.77. The maximum atomic E-state index is 13.1. The normalized spacial score (nSPS) is 27.7. The molecule has 3 saturated heterocycles. The van der Waals surface area contributed by atoms with Crippen molar-refractivity contribution in [1.82, 2.24) is 9.80 Å². The summed E-state index contributed by atoms with van der Waals surface area (Å²) < 4.78 is 5.48. The number of carbonyl (C=O) groups is 2. The van der Waals surface area contributed by atoms with Crippen molar-refractivity contribution in [2.45, 2.75) is 30.8 Å². The van der Waals surface area contributed by atoms with E-state index < -0.39 is 27.4 Å². The SMILES string of the molecule is O=C(OCc1ccc([N+](=O)[O-])cc1)[C@@H]1N2C(=O)C[C@H]2N2CC12c1ccc([N+](=O)[O-])cc1. The molecule has 0 spiro atoms. The molecule has 0 bridgehead atoms. The summed E-state index contributed by atoms with van der Waals surface area (Å²) in [4.78, 5) is 49.6. The smallest absolute Gasteiger partial charge is 0.331 e. The molecule has 0 saturated carbocycles. The zero-order valence-electron chi connectivity index (χ0n) is 16.0. The van der Waals surface area contributed by atoms with Crippen LogP contribution >= 0.6 is 0 Å². The van der Waals surface area contributed by atoms with E-state index in [-0.39, 0.29) is 30.1 Å². The van der Waals surface area contributed by atoms with Gasteiger partial charge >= 0.3 is 5.97 Å². The minimum absolute atomic E-state index is 0.0537. The molecule has 1 amide bonds. The van der Waals surface area contributed by atoms with E-state index >= 15 is 0 Å². The van der Waals surface area contributed by atoms with Crippen molar-refractivity contribution in [2.75, 3.05) is 6.54 Å². The van der Waals surface area contributed by atoms with Gasteiger partial charge in [-0.1, -0.05) is 12.1 Å². The van der Waals surface area contributed by atoms with E-state index in [1.165, 1.54) is 41.3 Å². The van der Waals surface area contributed by atoms with Gasteiger partial charge in [0.1, 0.15) is 6.61 Å². The van der Waals surface area contributed by atoms with Gasteiger partial charge in [-0.15, -0.1) is 0 Å². The second-order valence-corrected chi connectivity index (χ2v) is 7.78. The molecule has 3 aliphatic heterocycles. The van der Waals surface area contributed by atoms with E-state index in [4.69, 9.17) is 4.74 Å². The first-order chi connectivity index (χ1) is 14.8. The number of ether oxygens (including phenoxy) is 1. The summed E-state index contributed by atoms with van der Waals surface area (Å²) in [5.74, 6) is -0.717. The van der Waals surface area contributed by atoms with Gasteiger partial charge in [0.05, 0.1) is 28.0 Å². The molecule has 3 fully saturated rings. The van der Waals surface area contributed by atoms with Crippen LogP contribution in [0.3, 0.4) is 0 Å². The molecule has 11 heteroatoms. The van der Waals surface area contributed by atoms with Gasteiger partial charge in [0.2, 0.25) is 5.91 Å². The second-order valence-electron chi connectivity index (χ2n) is 7.78. The number of esters is 1. The van der Waals surface area contributed by atoms with E-state index in [9.17, 15) is 29.8 Å². The standard InChI is InChI=1S/C20H16N4O7/c25-17-9-16-21-11-20(21,13-3-7-15(8-4-13)24(29)30)18(22(16)17)19(26)31-10-12-1-5-14(6-2-12)23(27)28/h1-8,16,18H,9-11H2/t16-,18-,20?,21?/m0/s1. The van der Waals surface area contributed by atoms with Crippen molar-refractivity contribution in [3.05, 3.63) is 79.9 Å². The average molecular weight is 424 g/mol. The zero-order chi connectivity index (χ0) is 21.9. The summed E-state index contributed by atoms with van der Waals surface area (Å²) >= 11 is 0. The van der Waals surface area contributed by atoms with Crippen LogP contribution in [0.1, 0.15) is 17.5 Å². The zero-order valence-corrected chi connectivity index (χ0v) is 16.0. The molecule has 0 N–H and O–H groups in total. The van der Waals surface area contributed by atoms with Crippen molar-refractivity contribution in [2.24, 2.45) is 0 Å². The minimum atomic E-state index is -0.849. The molecule has 2 unspecified atom stereocenters. The Balaban J connectivity index is 1.38. The first-order valence-corrected chi connectivity index (χ1v) is 9.56. The largest absolute Gasteiger partial charge is 0.459 e. The number of amides is 1. The van der Waals surface area contributed by atoms with E-state index in [1.54, 1.807) is 12.1 Å². The van der Waals surface area contributed by atoms with E-state index in [2.05, 4.69) is 0 Å². The molecule has 0 aliphatic carbocycles. The summed E-state index contributed by atoms with van der Waals surface area (Å²) in [5, 5.41) is 21.7. The molecule has 158 valence electrons. The minimum Gasteiger partial charge on any atom is -0.459 e. The predicted molar refractivity (Wildman–Crippen MR) is 103 cm³/mol. The van der Waals surface area contributed by atoms with Crippen molar-refractivity contribution in [3.63, 3.8) is 0 Å². The van der Waals surface area contributed by atoms with Crippen molar-refractivity contribution in [1.29, 1.82) is 0 Å². The summed E-state index contributed by atoms with van der Waals surface area (Å²) in [6.07, 6.45) is 0.139. The van der Waals surface area contributed by atoms with Crippen molar-refractivity contribution < 1.29 is 24.2 Å². The number of fused-ring (bicyclic) bond motifs is 3. The number of β-lactam (4-membered cyclic amide) rings is 1. The highest BCUT2D eigenvalue weighted by Crippen LogP contribution is 2.59. The molecule has 11 nitrogen and oxygen atoms in total. The van der Waals surface area contributed by atoms with Crippen LogP contribution in [0.2, 0.25) is 0 Å². The van der Waals surface area contributed by atoms with Crippen LogP contribution in [0.4, 0.5) is 11.4 Å². The Labute approximate surface area is 175 Å². The lowest BCUT2D eigenvalue weighted by Gasteiger charge is -2.40. The third-order valence-electron chi connectivity index (χ3n) is 6.21. The highest BCUT2D eigenvalue weighted by Gasteiger charge is 2.76. The molecular weight excluding hydrogens is 408 g/mol. The molecule has 2 aromatic carbocycles. The monoisotopic (exact) mass is 424 g/mol. The van der Waals surface area contributed by atoms with Gasteiger partial charge < -0.3 is 9.64 Å². The van der Waals surface area contributed by atoms with Gasteiger partial charge in [-0.25, -0.2) is 4.79 Å². The van der Waals surface area contributed by atoms with Gasteiger partial charge in [-0.2, -0.15) is 0 Å². The first-order valence-electron chi connectivity index (χ1n) is 9.56. The highest BCUT2D eigenvalue weighted by atomic mass is 16.6. The fourth-order valence-electron chi connectivity index (χ4n) is 4.60. The van der Waals surface area contributed by atoms with Crippen LogP contribution in [-0.4, -0.2) is 50.3 Å².